The van der Waals surface area contributed by atoms with E-state index in [1.807, 2.05) is 12.1 Å². The fourth-order valence-corrected chi connectivity index (χ4v) is 2.71. The number of aliphatic imine (C=N–C) groups is 1. The molecule has 1 heterocycles. The van der Waals surface area contributed by atoms with Crippen LogP contribution < -0.4 is 0 Å². The average molecular weight is 341 g/mol. The van der Waals surface area contributed by atoms with Crippen molar-refractivity contribution in [3.8, 4) is 5.75 Å². The lowest BCUT2D eigenvalue weighted by atomic mass is 10.1. The molecule has 1 aromatic carbocycles. The standard InChI is InChI=1S/C20H27N3O2/c1-4-23(5-2)13-17-9-7-6-8-16(17)10-21-12-19-18(14-24)11-22-15(3)20(19)25/h6-9,11-12,24-25H,4-5,10,13-14H2,1-3H3. The Morgan fingerprint density at radius 1 is 1.12 bits per heavy atom. The predicted octanol–water partition coefficient (Wildman–Crippen LogP) is 3.05. The molecule has 0 amide bonds. The number of aliphatic hydroxyl groups is 1. The van der Waals surface area contributed by atoms with E-state index < -0.39 is 0 Å². The Balaban J connectivity index is 2.20. The summed E-state index contributed by atoms with van der Waals surface area (Å²) in [5, 5.41) is 19.6. The van der Waals surface area contributed by atoms with Crippen molar-refractivity contribution in [3.05, 3.63) is 58.4 Å². The minimum atomic E-state index is -0.180. The van der Waals surface area contributed by atoms with Crippen molar-refractivity contribution < 1.29 is 10.2 Å². The monoisotopic (exact) mass is 341 g/mol. The Labute approximate surface area is 149 Å². The second-order valence-corrected chi connectivity index (χ2v) is 5.99. The van der Waals surface area contributed by atoms with E-state index in [9.17, 15) is 10.2 Å². The number of pyridine rings is 1. The Hall–Kier alpha value is -2.24. The van der Waals surface area contributed by atoms with E-state index in [1.54, 1.807) is 19.3 Å². The number of nitrogens with zero attached hydrogens (tertiary/aromatic N) is 3. The van der Waals surface area contributed by atoms with Crippen LogP contribution >= 0.6 is 0 Å². The van der Waals surface area contributed by atoms with Gasteiger partial charge in [0.15, 0.2) is 0 Å². The van der Waals surface area contributed by atoms with Gasteiger partial charge < -0.3 is 10.2 Å². The summed E-state index contributed by atoms with van der Waals surface area (Å²) in [5.74, 6) is 0.0757. The van der Waals surface area contributed by atoms with Gasteiger partial charge in [0, 0.05) is 30.1 Å². The first-order chi connectivity index (χ1) is 12.1. The molecule has 0 aliphatic carbocycles. The fourth-order valence-electron chi connectivity index (χ4n) is 2.71. The number of aromatic nitrogens is 1. The van der Waals surface area contributed by atoms with Crippen molar-refractivity contribution in [2.75, 3.05) is 13.1 Å². The average Bonchev–Trinajstić information content (AvgIpc) is 2.64. The maximum atomic E-state index is 10.2. The minimum absolute atomic E-state index is 0.0757. The van der Waals surface area contributed by atoms with Gasteiger partial charge in [-0.15, -0.1) is 0 Å². The molecule has 25 heavy (non-hydrogen) atoms. The second kappa shape index (κ2) is 9.30. The third kappa shape index (κ3) is 4.87. The van der Waals surface area contributed by atoms with E-state index in [1.165, 1.54) is 11.1 Å². The van der Waals surface area contributed by atoms with Crippen molar-refractivity contribution in [1.29, 1.82) is 0 Å². The second-order valence-electron chi connectivity index (χ2n) is 5.99. The van der Waals surface area contributed by atoms with Gasteiger partial charge >= 0.3 is 0 Å². The van der Waals surface area contributed by atoms with Crippen LogP contribution in [0.5, 0.6) is 5.75 Å². The number of aliphatic hydroxyl groups excluding tert-OH is 1. The Morgan fingerprint density at radius 3 is 2.44 bits per heavy atom. The van der Waals surface area contributed by atoms with Gasteiger partial charge in [-0.3, -0.25) is 14.9 Å². The highest BCUT2D eigenvalue weighted by Gasteiger charge is 2.10. The van der Waals surface area contributed by atoms with Crippen molar-refractivity contribution in [2.24, 2.45) is 4.99 Å². The maximum Gasteiger partial charge on any atom is 0.145 e. The van der Waals surface area contributed by atoms with E-state index in [0.717, 1.165) is 19.6 Å². The van der Waals surface area contributed by atoms with Crippen LogP contribution in [0.15, 0.2) is 35.5 Å². The van der Waals surface area contributed by atoms with Crippen LogP contribution in [0.2, 0.25) is 0 Å². The van der Waals surface area contributed by atoms with Crippen molar-refractivity contribution in [2.45, 2.75) is 40.5 Å². The molecule has 0 bridgehead atoms. The van der Waals surface area contributed by atoms with E-state index in [0.29, 0.717) is 23.4 Å². The van der Waals surface area contributed by atoms with Gasteiger partial charge in [0.05, 0.1) is 18.8 Å². The maximum absolute atomic E-state index is 10.2. The van der Waals surface area contributed by atoms with Crippen LogP contribution in [0, 0.1) is 6.92 Å². The highest BCUT2D eigenvalue weighted by atomic mass is 16.3. The summed E-state index contributed by atoms with van der Waals surface area (Å²) in [4.78, 5) is 10.9. The normalized spacial score (nSPS) is 11.6. The zero-order valence-corrected chi connectivity index (χ0v) is 15.2. The number of aryl methyl sites for hydroxylation is 1. The summed E-state index contributed by atoms with van der Waals surface area (Å²) in [6, 6.07) is 8.29. The van der Waals surface area contributed by atoms with E-state index in [-0.39, 0.29) is 12.4 Å². The van der Waals surface area contributed by atoms with Crippen molar-refractivity contribution in [3.63, 3.8) is 0 Å². The Morgan fingerprint density at radius 2 is 1.80 bits per heavy atom. The van der Waals surface area contributed by atoms with E-state index in [4.69, 9.17) is 0 Å². The van der Waals surface area contributed by atoms with Crippen LogP contribution in [-0.4, -0.2) is 39.4 Å². The first-order valence-corrected chi connectivity index (χ1v) is 8.67. The molecule has 134 valence electrons. The molecule has 0 fully saturated rings. The number of hydrogen-bond donors (Lipinski definition) is 2. The molecule has 0 saturated heterocycles. The summed E-state index contributed by atoms with van der Waals surface area (Å²) in [5.41, 5.74) is 4.07. The molecular formula is C20H27N3O2. The molecule has 0 aliphatic heterocycles. The first kappa shape index (κ1) is 19.1. The zero-order valence-electron chi connectivity index (χ0n) is 15.2. The number of hydrogen-bond acceptors (Lipinski definition) is 5. The van der Waals surface area contributed by atoms with Crippen LogP contribution in [0.3, 0.4) is 0 Å². The first-order valence-electron chi connectivity index (χ1n) is 8.67. The van der Waals surface area contributed by atoms with Gasteiger partial charge in [-0.05, 0) is 31.1 Å². The summed E-state index contributed by atoms with van der Waals surface area (Å²) in [6.07, 6.45) is 3.20. The molecule has 5 heteroatoms. The molecule has 0 spiro atoms. The molecule has 5 nitrogen and oxygen atoms in total. The van der Waals surface area contributed by atoms with E-state index in [2.05, 4.69) is 40.9 Å². The molecule has 0 saturated carbocycles. The van der Waals surface area contributed by atoms with Gasteiger partial charge in [-0.2, -0.15) is 0 Å². The van der Waals surface area contributed by atoms with Crippen LogP contribution in [-0.2, 0) is 19.7 Å². The summed E-state index contributed by atoms with van der Waals surface area (Å²) < 4.78 is 0. The number of rotatable bonds is 8. The fraction of sp³-hybridized carbons (Fsp3) is 0.400. The smallest absolute Gasteiger partial charge is 0.145 e. The molecule has 0 atom stereocenters. The molecule has 2 N–H and O–H groups in total. The van der Waals surface area contributed by atoms with Crippen LogP contribution in [0.1, 0.15) is 41.8 Å². The van der Waals surface area contributed by atoms with Crippen LogP contribution in [0.4, 0.5) is 0 Å². The highest BCUT2D eigenvalue weighted by Crippen LogP contribution is 2.22. The van der Waals surface area contributed by atoms with Crippen molar-refractivity contribution >= 4 is 6.21 Å². The molecule has 1 aromatic heterocycles. The summed E-state index contributed by atoms with van der Waals surface area (Å²) in [7, 11) is 0. The highest BCUT2D eigenvalue weighted by molar-refractivity contribution is 5.85. The molecule has 2 rings (SSSR count). The van der Waals surface area contributed by atoms with Crippen molar-refractivity contribution in [1.82, 2.24) is 9.88 Å². The molecule has 2 aromatic rings. The Kier molecular flexibility index (Phi) is 7.10. The minimum Gasteiger partial charge on any atom is -0.505 e. The SMILES string of the molecule is CCN(CC)Cc1ccccc1CN=Cc1c(CO)cnc(C)c1O. The predicted molar refractivity (Wildman–Crippen MR) is 101 cm³/mol. The van der Waals surface area contributed by atoms with E-state index >= 15 is 0 Å². The van der Waals surface area contributed by atoms with Crippen LogP contribution in [0.25, 0.3) is 0 Å². The summed E-state index contributed by atoms with van der Waals surface area (Å²) >= 11 is 0. The molecule has 0 aliphatic rings. The largest absolute Gasteiger partial charge is 0.505 e. The third-order valence-electron chi connectivity index (χ3n) is 4.42. The lowest BCUT2D eigenvalue weighted by Gasteiger charge is -2.19. The van der Waals surface area contributed by atoms with Gasteiger partial charge in [0.2, 0.25) is 0 Å². The third-order valence-corrected chi connectivity index (χ3v) is 4.42. The molecule has 0 unspecified atom stereocenters. The lowest BCUT2D eigenvalue weighted by Crippen LogP contribution is -2.22. The molecule has 0 radical (unpaired) electrons. The van der Waals surface area contributed by atoms with Gasteiger partial charge in [0.25, 0.3) is 0 Å². The lowest BCUT2D eigenvalue weighted by molar-refractivity contribution is 0.280. The number of aromatic hydroxyl groups is 1. The van der Waals surface area contributed by atoms with Gasteiger partial charge in [-0.1, -0.05) is 38.1 Å². The summed E-state index contributed by atoms with van der Waals surface area (Å²) in [6.45, 7) is 9.33. The topological polar surface area (TPSA) is 69.0 Å². The quantitative estimate of drug-likeness (QED) is 0.724. The van der Waals surface area contributed by atoms with Gasteiger partial charge in [0.1, 0.15) is 5.75 Å². The van der Waals surface area contributed by atoms with Gasteiger partial charge in [-0.25, -0.2) is 0 Å². The zero-order chi connectivity index (χ0) is 18.2. The number of benzene rings is 1. The Bertz CT molecular complexity index is 725. The molecular weight excluding hydrogens is 314 g/mol.